The van der Waals surface area contributed by atoms with Gasteiger partial charge in [-0.05, 0) is 24.1 Å². The largest absolute Gasteiger partial charge is 0.494 e. The summed E-state index contributed by atoms with van der Waals surface area (Å²) >= 11 is 0. The van der Waals surface area contributed by atoms with Crippen LogP contribution in [0.25, 0.3) is 10.9 Å². The number of benzene rings is 2. The summed E-state index contributed by atoms with van der Waals surface area (Å²) in [5.74, 6) is 0.169. The predicted octanol–water partition coefficient (Wildman–Crippen LogP) is 3.80. The summed E-state index contributed by atoms with van der Waals surface area (Å²) < 4.78 is 0. The van der Waals surface area contributed by atoms with Crippen molar-refractivity contribution in [1.82, 2.24) is 4.98 Å². The van der Waals surface area contributed by atoms with Crippen LogP contribution >= 0.6 is 0 Å². The Morgan fingerprint density at radius 3 is 2.75 bits per heavy atom. The maximum atomic E-state index is 9.98. The zero-order chi connectivity index (χ0) is 13.9. The van der Waals surface area contributed by atoms with E-state index in [1.165, 1.54) is 0 Å². The van der Waals surface area contributed by atoms with Crippen LogP contribution in [0.4, 0.5) is 0 Å². The van der Waals surface area contributed by atoms with E-state index in [1.54, 1.807) is 6.21 Å². The third-order valence-electron chi connectivity index (χ3n) is 3.31. The summed E-state index contributed by atoms with van der Waals surface area (Å²) in [7, 11) is 0. The molecule has 3 aromatic rings. The molecule has 0 bridgehead atoms. The minimum Gasteiger partial charge on any atom is -0.494 e. The maximum Gasteiger partial charge on any atom is 0.198 e. The molecule has 1 heterocycles. The lowest BCUT2D eigenvalue weighted by Crippen LogP contribution is -1.84. The predicted molar refractivity (Wildman–Crippen MR) is 82.4 cm³/mol. The average Bonchev–Trinajstić information content (AvgIpc) is 2.75. The first-order valence-corrected chi connectivity index (χ1v) is 6.59. The SMILES string of the molecule is Cc1ccc2c(C=NCc3ccccc3)c(O)[nH]c2c1. The van der Waals surface area contributed by atoms with Gasteiger partial charge >= 0.3 is 0 Å². The third kappa shape index (κ3) is 2.43. The number of aromatic hydroxyl groups is 1. The molecule has 0 spiro atoms. The van der Waals surface area contributed by atoms with Crippen LogP contribution in [0, 0.1) is 6.92 Å². The molecule has 0 saturated carbocycles. The number of hydrogen-bond donors (Lipinski definition) is 2. The Labute approximate surface area is 117 Å². The average molecular weight is 264 g/mol. The van der Waals surface area contributed by atoms with Gasteiger partial charge in [0.05, 0.1) is 12.1 Å². The zero-order valence-electron chi connectivity index (χ0n) is 11.3. The van der Waals surface area contributed by atoms with Crippen molar-refractivity contribution >= 4 is 17.1 Å². The lowest BCUT2D eigenvalue weighted by molar-refractivity contribution is 0.457. The number of rotatable bonds is 3. The number of aromatic amines is 1. The highest BCUT2D eigenvalue weighted by Gasteiger charge is 2.08. The van der Waals surface area contributed by atoms with Crippen LogP contribution in [-0.2, 0) is 6.54 Å². The van der Waals surface area contributed by atoms with Gasteiger partial charge in [0.25, 0.3) is 0 Å². The fraction of sp³-hybridized carbons (Fsp3) is 0.118. The van der Waals surface area contributed by atoms with Crippen LogP contribution < -0.4 is 0 Å². The highest BCUT2D eigenvalue weighted by Crippen LogP contribution is 2.26. The zero-order valence-corrected chi connectivity index (χ0v) is 11.3. The number of nitrogens with one attached hydrogen (secondary N) is 1. The van der Waals surface area contributed by atoms with Crippen molar-refractivity contribution < 1.29 is 5.11 Å². The Morgan fingerprint density at radius 1 is 1.15 bits per heavy atom. The monoisotopic (exact) mass is 264 g/mol. The lowest BCUT2D eigenvalue weighted by Gasteiger charge is -1.96. The van der Waals surface area contributed by atoms with Gasteiger partial charge in [-0.1, -0.05) is 42.5 Å². The molecule has 1 aromatic heterocycles. The molecule has 2 aromatic carbocycles. The summed E-state index contributed by atoms with van der Waals surface area (Å²) in [5.41, 5.74) is 3.99. The van der Waals surface area contributed by atoms with Crippen molar-refractivity contribution in [3.63, 3.8) is 0 Å². The molecule has 0 aliphatic rings. The Balaban J connectivity index is 1.89. The Hall–Kier alpha value is -2.55. The van der Waals surface area contributed by atoms with Crippen LogP contribution in [0.15, 0.2) is 53.5 Å². The van der Waals surface area contributed by atoms with E-state index in [4.69, 9.17) is 0 Å². The van der Waals surface area contributed by atoms with Crippen molar-refractivity contribution in [1.29, 1.82) is 0 Å². The van der Waals surface area contributed by atoms with E-state index < -0.39 is 0 Å². The molecule has 20 heavy (non-hydrogen) atoms. The molecule has 3 rings (SSSR count). The molecule has 2 N–H and O–H groups in total. The van der Waals surface area contributed by atoms with Crippen LogP contribution in [0.2, 0.25) is 0 Å². The molecule has 0 aliphatic heterocycles. The first-order chi connectivity index (χ1) is 9.74. The minimum absolute atomic E-state index is 0.169. The van der Waals surface area contributed by atoms with Crippen LogP contribution in [0.1, 0.15) is 16.7 Å². The summed E-state index contributed by atoms with van der Waals surface area (Å²) in [4.78, 5) is 7.39. The third-order valence-corrected chi connectivity index (χ3v) is 3.31. The van der Waals surface area contributed by atoms with E-state index in [0.717, 1.165) is 27.6 Å². The smallest absolute Gasteiger partial charge is 0.198 e. The van der Waals surface area contributed by atoms with Gasteiger partial charge in [-0.2, -0.15) is 0 Å². The summed E-state index contributed by atoms with van der Waals surface area (Å²) in [5, 5.41) is 11.0. The van der Waals surface area contributed by atoms with E-state index in [9.17, 15) is 5.11 Å². The molecular weight excluding hydrogens is 248 g/mol. The second-order valence-corrected chi connectivity index (χ2v) is 4.89. The molecule has 0 aliphatic carbocycles. The van der Waals surface area contributed by atoms with Gasteiger partial charge in [0.2, 0.25) is 0 Å². The highest BCUT2D eigenvalue weighted by molar-refractivity contribution is 6.02. The maximum absolute atomic E-state index is 9.98. The first-order valence-electron chi connectivity index (χ1n) is 6.59. The molecule has 0 fully saturated rings. The highest BCUT2D eigenvalue weighted by atomic mass is 16.3. The van der Waals surface area contributed by atoms with Crippen molar-refractivity contribution in [3.8, 4) is 5.88 Å². The quantitative estimate of drug-likeness (QED) is 0.694. The van der Waals surface area contributed by atoms with Gasteiger partial charge in [-0.15, -0.1) is 0 Å². The van der Waals surface area contributed by atoms with Gasteiger partial charge in [-0.25, -0.2) is 0 Å². The van der Waals surface area contributed by atoms with Gasteiger partial charge < -0.3 is 10.1 Å². The molecule has 3 nitrogen and oxygen atoms in total. The van der Waals surface area contributed by atoms with Crippen molar-refractivity contribution in [2.24, 2.45) is 4.99 Å². The summed E-state index contributed by atoms with van der Waals surface area (Å²) in [6.45, 7) is 2.64. The summed E-state index contributed by atoms with van der Waals surface area (Å²) in [6, 6.07) is 16.1. The molecule has 100 valence electrons. The van der Waals surface area contributed by atoms with Crippen LogP contribution in [-0.4, -0.2) is 16.3 Å². The molecule has 0 unspecified atom stereocenters. The van der Waals surface area contributed by atoms with E-state index >= 15 is 0 Å². The molecule has 3 heteroatoms. The fourth-order valence-electron chi connectivity index (χ4n) is 2.28. The van der Waals surface area contributed by atoms with E-state index in [2.05, 4.69) is 9.98 Å². The van der Waals surface area contributed by atoms with Gasteiger partial charge in [0.1, 0.15) is 0 Å². The first kappa shape index (κ1) is 12.5. The number of aliphatic imine (C=N–C) groups is 1. The van der Waals surface area contributed by atoms with Crippen LogP contribution in [0.3, 0.4) is 0 Å². The van der Waals surface area contributed by atoms with Crippen molar-refractivity contribution in [2.75, 3.05) is 0 Å². The molecular formula is C17H16N2O. The number of hydrogen-bond acceptors (Lipinski definition) is 2. The Morgan fingerprint density at radius 2 is 1.95 bits per heavy atom. The minimum atomic E-state index is 0.169. The summed E-state index contributed by atoms with van der Waals surface area (Å²) in [6.07, 6.45) is 1.73. The van der Waals surface area contributed by atoms with E-state index in [1.807, 2.05) is 55.5 Å². The molecule has 0 amide bonds. The normalized spacial score (nSPS) is 11.4. The number of H-pyrrole nitrogens is 1. The lowest BCUT2D eigenvalue weighted by atomic mass is 10.1. The second kappa shape index (κ2) is 5.21. The van der Waals surface area contributed by atoms with Crippen LogP contribution in [0.5, 0.6) is 5.88 Å². The number of aryl methyl sites for hydroxylation is 1. The molecule has 0 saturated heterocycles. The number of aromatic nitrogens is 1. The fourth-order valence-corrected chi connectivity index (χ4v) is 2.28. The number of nitrogens with zero attached hydrogens (tertiary/aromatic N) is 1. The van der Waals surface area contributed by atoms with Gasteiger partial charge in [-0.3, -0.25) is 4.99 Å². The molecule has 0 radical (unpaired) electrons. The van der Waals surface area contributed by atoms with Gasteiger partial charge in [0, 0.05) is 17.1 Å². The van der Waals surface area contributed by atoms with Crippen molar-refractivity contribution in [2.45, 2.75) is 13.5 Å². The van der Waals surface area contributed by atoms with Crippen molar-refractivity contribution in [3.05, 3.63) is 65.2 Å². The Kier molecular flexibility index (Phi) is 3.25. The van der Waals surface area contributed by atoms with E-state index in [0.29, 0.717) is 6.54 Å². The standard InChI is InChI=1S/C17H16N2O/c1-12-7-8-14-15(17(20)19-16(14)9-12)11-18-10-13-5-3-2-4-6-13/h2-9,11,19-20H,10H2,1H3. The van der Waals surface area contributed by atoms with E-state index in [-0.39, 0.29) is 5.88 Å². The molecule has 0 atom stereocenters. The second-order valence-electron chi connectivity index (χ2n) is 4.89. The number of fused-ring (bicyclic) bond motifs is 1. The van der Waals surface area contributed by atoms with Gasteiger partial charge in [0.15, 0.2) is 5.88 Å². The topological polar surface area (TPSA) is 48.4 Å². The Bertz CT molecular complexity index is 757.